The molecule has 2 heteroatoms. The summed E-state index contributed by atoms with van der Waals surface area (Å²) in [4.78, 5) is 0. The van der Waals surface area contributed by atoms with Crippen molar-refractivity contribution in [2.24, 2.45) is 0 Å². The van der Waals surface area contributed by atoms with E-state index in [9.17, 15) is 0 Å². The monoisotopic (exact) mass is 295 g/mol. The Balaban J connectivity index is 2.31. The van der Waals surface area contributed by atoms with Crippen molar-refractivity contribution in [3.05, 3.63) is 53.0 Å². The molecule has 1 aliphatic rings. The minimum Gasteiger partial charge on any atom is -0.397 e. The fourth-order valence-corrected chi connectivity index (χ4v) is 3.30. The van der Waals surface area contributed by atoms with E-state index in [-0.39, 0.29) is 0 Å². The maximum Gasteiger partial charge on any atom is 0.0538 e. The molecule has 4 rings (SSSR count). The molecule has 1 aliphatic carbocycles. The zero-order chi connectivity index (χ0) is 12.3. The summed E-state index contributed by atoms with van der Waals surface area (Å²) in [6.07, 6.45) is 0. The van der Waals surface area contributed by atoms with E-state index >= 15 is 0 Å². The van der Waals surface area contributed by atoms with E-state index < -0.39 is 0 Å². The summed E-state index contributed by atoms with van der Waals surface area (Å²) in [6.45, 7) is 0. The van der Waals surface area contributed by atoms with Crippen molar-refractivity contribution >= 4 is 32.4 Å². The molecule has 0 atom stereocenters. The van der Waals surface area contributed by atoms with E-state index in [0.717, 1.165) is 15.5 Å². The summed E-state index contributed by atoms with van der Waals surface area (Å²) in [5, 5.41) is 2.41. The van der Waals surface area contributed by atoms with Gasteiger partial charge >= 0.3 is 0 Å². The number of halogens is 1. The first kappa shape index (κ1) is 10.2. The average molecular weight is 296 g/mol. The number of hydrogen-bond acceptors (Lipinski definition) is 1. The van der Waals surface area contributed by atoms with Crippen molar-refractivity contribution < 1.29 is 0 Å². The van der Waals surface area contributed by atoms with E-state index in [2.05, 4.69) is 64.5 Å². The highest BCUT2D eigenvalue weighted by Crippen LogP contribution is 2.49. The van der Waals surface area contributed by atoms with Gasteiger partial charge in [0.25, 0.3) is 0 Å². The highest BCUT2D eigenvalue weighted by Gasteiger charge is 2.22. The number of fused-ring (bicyclic) bond motifs is 3. The summed E-state index contributed by atoms with van der Waals surface area (Å²) in [5.74, 6) is 0. The van der Waals surface area contributed by atoms with Gasteiger partial charge in [0.05, 0.1) is 5.69 Å². The minimum atomic E-state index is 0.823. The molecule has 0 spiro atoms. The van der Waals surface area contributed by atoms with E-state index in [0.29, 0.717) is 0 Å². The normalized spacial score (nSPS) is 11.8. The lowest BCUT2D eigenvalue weighted by Crippen LogP contribution is -1.89. The number of nitrogen functional groups attached to an aromatic ring is 1. The topological polar surface area (TPSA) is 26.0 Å². The summed E-state index contributed by atoms with van der Waals surface area (Å²) in [6, 6.07) is 17.0. The van der Waals surface area contributed by atoms with Gasteiger partial charge in [-0.2, -0.15) is 0 Å². The van der Waals surface area contributed by atoms with Gasteiger partial charge in [-0.1, -0.05) is 42.5 Å². The maximum absolute atomic E-state index is 6.17. The Labute approximate surface area is 113 Å². The molecular formula is C16H10BrN. The standard InChI is InChI=1S/C16H10BrN/c17-14-8-13-10-5-2-1-4-9(10)11-6-3-7-12(15(11)13)16(14)18/h1-8H,18H2. The van der Waals surface area contributed by atoms with E-state index in [1.807, 2.05) is 0 Å². The molecule has 3 aromatic rings. The molecule has 0 fully saturated rings. The number of nitrogens with two attached hydrogens (primary N) is 1. The van der Waals surface area contributed by atoms with Gasteiger partial charge in [-0.05, 0) is 49.6 Å². The first-order chi connectivity index (χ1) is 8.77. The third-order valence-corrected chi connectivity index (χ3v) is 4.32. The van der Waals surface area contributed by atoms with Crippen LogP contribution in [0.3, 0.4) is 0 Å². The summed E-state index contributed by atoms with van der Waals surface area (Å²) in [5.41, 5.74) is 12.2. The van der Waals surface area contributed by atoms with Crippen LogP contribution < -0.4 is 5.73 Å². The lowest BCUT2D eigenvalue weighted by molar-refractivity contribution is 1.68. The molecule has 0 bridgehead atoms. The van der Waals surface area contributed by atoms with Gasteiger partial charge in [0.15, 0.2) is 0 Å². The Morgan fingerprint density at radius 2 is 1.44 bits per heavy atom. The minimum absolute atomic E-state index is 0.823. The fraction of sp³-hybridized carbons (Fsp3) is 0. The number of anilines is 1. The largest absolute Gasteiger partial charge is 0.397 e. The Hall–Kier alpha value is -1.80. The zero-order valence-corrected chi connectivity index (χ0v) is 11.2. The van der Waals surface area contributed by atoms with Crippen LogP contribution in [0, 0.1) is 0 Å². The van der Waals surface area contributed by atoms with Gasteiger partial charge in [0.2, 0.25) is 0 Å². The van der Waals surface area contributed by atoms with Gasteiger partial charge in [-0.25, -0.2) is 0 Å². The summed E-state index contributed by atoms with van der Waals surface area (Å²) < 4.78 is 0.971. The first-order valence-corrected chi connectivity index (χ1v) is 6.67. The summed E-state index contributed by atoms with van der Waals surface area (Å²) in [7, 11) is 0. The zero-order valence-electron chi connectivity index (χ0n) is 9.57. The highest BCUT2D eigenvalue weighted by atomic mass is 79.9. The predicted octanol–water partition coefficient (Wildman–Crippen LogP) is 4.83. The Kier molecular flexibility index (Phi) is 1.90. The van der Waals surface area contributed by atoms with Crippen molar-refractivity contribution in [1.29, 1.82) is 0 Å². The van der Waals surface area contributed by atoms with E-state index in [4.69, 9.17) is 5.73 Å². The molecular weight excluding hydrogens is 286 g/mol. The maximum atomic E-state index is 6.17. The predicted molar refractivity (Wildman–Crippen MR) is 80.5 cm³/mol. The molecule has 86 valence electrons. The van der Waals surface area contributed by atoms with Crippen molar-refractivity contribution in [3.8, 4) is 22.3 Å². The Bertz CT molecular complexity index is 806. The molecule has 1 nitrogen and oxygen atoms in total. The van der Waals surface area contributed by atoms with Crippen molar-refractivity contribution in [3.63, 3.8) is 0 Å². The molecule has 0 unspecified atom stereocenters. The van der Waals surface area contributed by atoms with Crippen LogP contribution in [0.4, 0.5) is 5.69 Å². The van der Waals surface area contributed by atoms with Crippen LogP contribution in [0.15, 0.2) is 53.0 Å². The quantitative estimate of drug-likeness (QED) is 0.462. The number of rotatable bonds is 0. The Morgan fingerprint density at radius 3 is 2.22 bits per heavy atom. The van der Waals surface area contributed by atoms with Gasteiger partial charge in [0.1, 0.15) is 0 Å². The second-order valence-electron chi connectivity index (χ2n) is 4.59. The molecule has 0 saturated heterocycles. The summed E-state index contributed by atoms with van der Waals surface area (Å²) >= 11 is 3.56. The SMILES string of the molecule is Nc1c(Br)cc2c3c(cccc13)-c1ccccc1-2. The van der Waals surface area contributed by atoms with Crippen LogP contribution >= 0.6 is 15.9 Å². The van der Waals surface area contributed by atoms with Crippen LogP contribution in [-0.4, -0.2) is 0 Å². The smallest absolute Gasteiger partial charge is 0.0538 e. The van der Waals surface area contributed by atoms with Crippen LogP contribution in [0.5, 0.6) is 0 Å². The van der Waals surface area contributed by atoms with Crippen LogP contribution in [0.2, 0.25) is 0 Å². The molecule has 0 amide bonds. The lowest BCUT2D eigenvalue weighted by atomic mass is 10.0. The van der Waals surface area contributed by atoms with Gasteiger partial charge in [-0.3, -0.25) is 0 Å². The van der Waals surface area contributed by atoms with Crippen LogP contribution in [-0.2, 0) is 0 Å². The van der Waals surface area contributed by atoms with Gasteiger partial charge < -0.3 is 5.73 Å². The molecule has 3 aromatic carbocycles. The number of benzene rings is 3. The second-order valence-corrected chi connectivity index (χ2v) is 5.45. The van der Waals surface area contributed by atoms with Crippen molar-refractivity contribution in [1.82, 2.24) is 0 Å². The third kappa shape index (κ3) is 1.11. The van der Waals surface area contributed by atoms with Crippen LogP contribution in [0.25, 0.3) is 33.0 Å². The number of hydrogen-bond donors (Lipinski definition) is 1. The molecule has 18 heavy (non-hydrogen) atoms. The molecule has 0 aromatic heterocycles. The second kappa shape index (κ2) is 3.36. The first-order valence-electron chi connectivity index (χ1n) is 5.88. The molecule has 0 heterocycles. The lowest BCUT2D eigenvalue weighted by Gasteiger charge is -2.07. The van der Waals surface area contributed by atoms with E-state index in [1.165, 1.54) is 27.6 Å². The third-order valence-electron chi connectivity index (χ3n) is 3.66. The van der Waals surface area contributed by atoms with Gasteiger partial charge in [-0.15, -0.1) is 0 Å². The molecule has 0 aliphatic heterocycles. The highest BCUT2D eigenvalue weighted by molar-refractivity contribution is 9.10. The van der Waals surface area contributed by atoms with Crippen molar-refractivity contribution in [2.45, 2.75) is 0 Å². The molecule has 0 radical (unpaired) electrons. The van der Waals surface area contributed by atoms with Crippen LogP contribution in [0.1, 0.15) is 0 Å². The average Bonchev–Trinajstić information content (AvgIpc) is 2.72. The van der Waals surface area contributed by atoms with Crippen molar-refractivity contribution in [2.75, 3.05) is 5.73 Å². The Morgan fingerprint density at radius 1 is 0.778 bits per heavy atom. The molecule has 0 saturated carbocycles. The van der Waals surface area contributed by atoms with E-state index in [1.54, 1.807) is 0 Å². The molecule has 2 N–H and O–H groups in total. The van der Waals surface area contributed by atoms with Gasteiger partial charge in [0, 0.05) is 9.86 Å². The fourth-order valence-electron chi connectivity index (χ4n) is 2.86.